The molecule has 1 atom stereocenters. The maximum atomic E-state index is 12.4. The molecule has 0 saturated carbocycles. The number of aromatic nitrogens is 1. The van der Waals surface area contributed by atoms with Crippen LogP contribution in [0.15, 0.2) is 24.3 Å². The van der Waals surface area contributed by atoms with Crippen LogP contribution in [0, 0.1) is 5.92 Å². The molecule has 22 heavy (non-hydrogen) atoms. The van der Waals surface area contributed by atoms with E-state index in [0.717, 1.165) is 24.8 Å². The summed E-state index contributed by atoms with van der Waals surface area (Å²) in [6, 6.07) is 8.29. The van der Waals surface area contributed by atoms with Gasteiger partial charge in [0.05, 0.1) is 6.54 Å². The smallest absolute Gasteiger partial charge is 0.223 e. The van der Waals surface area contributed by atoms with Crippen LogP contribution in [0.2, 0.25) is 0 Å². The molecular formula is C17H22N2O3. The van der Waals surface area contributed by atoms with Gasteiger partial charge < -0.3 is 19.8 Å². The fraction of sp³-hybridized carbons (Fsp3) is 0.471. The summed E-state index contributed by atoms with van der Waals surface area (Å²) in [6.07, 6.45) is 2.18. The number of ether oxygens (including phenoxy) is 2. The monoisotopic (exact) mass is 302 g/mol. The lowest BCUT2D eigenvalue weighted by molar-refractivity contribution is -0.131. The van der Waals surface area contributed by atoms with Crippen LogP contribution in [-0.4, -0.2) is 37.9 Å². The molecule has 0 aliphatic heterocycles. The highest BCUT2D eigenvalue weighted by molar-refractivity contribution is 5.86. The van der Waals surface area contributed by atoms with Crippen molar-refractivity contribution in [2.75, 3.05) is 20.8 Å². The lowest BCUT2D eigenvalue weighted by Crippen LogP contribution is -2.39. The molecule has 1 aliphatic carbocycles. The molecule has 1 aromatic heterocycles. The summed E-state index contributed by atoms with van der Waals surface area (Å²) in [7, 11) is 3.14. The summed E-state index contributed by atoms with van der Waals surface area (Å²) in [5.74, 6) is 0.0936. The number of para-hydroxylation sites is 1. The van der Waals surface area contributed by atoms with E-state index in [1.807, 2.05) is 12.1 Å². The molecule has 5 heteroatoms. The minimum absolute atomic E-state index is 0.0149. The molecule has 0 spiro atoms. The maximum Gasteiger partial charge on any atom is 0.223 e. The van der Waals surface area contributed by atoms with Gasteiger partial charge in [0.25, 0.3) is 0 Å². The SMILES string of the molecule is COC(CNC(=O)C1CCc2[nH]c3ccccc3c2C1)OC. The normalized spacial score (nSPS) is 17.7. The molecule has 1 amide bonds. The van der Waals surface area contributed by atoms with Crippen molar-refractivity contribution in [1.29, 1.82) is 0 Å². The Hall–Kier alpha value is -1.85. The largest absolute Gasteiger partial charge is 0.358 e. The molecule has 1 unspecified atom stereocenters. The Morgan fingerprint density at radius 1 is 1.36 bits per heavy atom. The van der Waals surface area contributed by atoms with Crippen LogP contribution in [0.1, 0.15) is 17.7 Å². The molecule has 1 heterocycles. The molecular weight excluding hydrogens is 280 g/mol. The zero-order valence-corrected chi connectivity index (χ0v) is 13.0. The van der Waals surface area contributed by atoms with Gasteiger partial charge in [-0.25, -0.2) is 0 Å². The Balaban J connectivity index is 1.69. The van der Waals surface area contributed by atoms with Crippen LogP contribution in [-0.2, 0) is 27.1 Å². The molecule has 0 fully saturated rings. The fourth-order valence-corrected chi connectivity index (χ4v) is 3.18. The molecule has 1 aromatic carbocycles. The van der Waals surface area contributed by atoms with Crippen molar-refractivity contribution in [3.63, 3.8) is 0 Å². The number of rotatable bonds is 5. The van der Waals surface area contributed by atoms with Crippen LogP contribution in [0.5, 0.6) is 0 Å². The van der Waals surface area contributed by atoms with Crippen molar-refractivity contribution in [2.24, 2.45) is 5.92 Å². The second-order valence-electron chi connectivity index (χ2n) is 5.71. The Bertz CT molecular complexity index is 661. The molecule has 118 valence electrons. The van der Waals surface area contributed by atoms with E-state index < -0.39 is 6.29 Å². The van der Waals surface area contributed by atoms with Gasteiger partial charge in [-0.3, -0.25) is 4.79 Å². The van der Waals surface area contributed by atoms with E-state index in [4.69, 9.17) is 9.47 Å². The van der Waals surface area contributed by atoms with E-state index >= 15 is 0 Å². The Labute approximate surface area is 130 Å². The molecule has 5 nitrogen and oxygen atoms in total. The number of carbonyl (C=O) groups excluding carboxylic acids is 1. The van der Waals surface area contributed by atoms with Gasteiger partial charge in [-0.2, -0.15) is 0 Å². The molecule has 3 rings (SSSR count). The van der Waals surface area contributed by atoms with Gasteiger partial charge in [0, 0.05) is 36.7 Å². The third kappa shape index (κ3) is 2.87. The summed E-state index contributed by atoms with van der Waals surface area (Å²) in [6.45, 7) is 0.378. The molecule has 0 radical (unpaired) electrons. The van der Waals surface area contributed by atoms with Crippen molar-refractivity contribution in [3.8, 4) is 0 Å². The number of hydrogen-bond donors (Lipinski definition) is 2. The average Bonchev–Trinajstić information content (AvgIpc) is 2.93. The van der Waals surface area contributed by atoms with Crippen LogP contribution in [0.25, 0.3) is 10.9 Å². The minimum atomic E-state index is -0.392. The number of carbonyl (C=O) groups is 1. The number of amides is 1. The van der Waals surface area contributed by atoms with Crippen molar-refractivity contribution in [1.82, 2.24) is 10.3 Å². The summed E-state index contributed by atoms with van der Waals surface area (Å²) in [5.41, 5.74) is 3.72. The Morgan fingerprint density at radius 3 is 2.91 bits per heavy atom. The lowest BCUT2D eigenvalue weighted by atomic mass is 9.86. The van der Waals surface area contributed by atoms with Crippen LogP contribution < -0.4 is 5.32 Å². The van der Waals surface area contributed by atoms with Gasteiger partial charge in [0.1, 0.15) is 0 Å². The van der Waals surface area contributed by atoms with Crippen LogP contribution >= 0.6 is 0 Å². The lowest BCUT2D eigenvalue weighted by Gasteiger charge is -2.23. The third-order valence-corrected chi connectivity index (χ3v) is 4.43. The van der Waals surface area contributed by atoms with E-state index in [0.29, 0.717) is 6.54 Å². The van der Waals surface area contributed by atoms with Crippen molar-refractivity contribution >= 4 is 16.8 Å². The highest BCUT2D eigenvalue weighted by Crippen LogP contribution is 2.31. The Kier molecular flexibility index (Phi) is 4.45. The number of nitrogens with one attached hydrogen (secondary N) is 2. The highest BCUT2D eigenvalue weighted by Gasteiger charge is 2.27. The average molecular weight is 302 g/mol. The first-order valence-corrected chi connectivity index (χ1v) is 7.64. The highest BCUT2D eigenvalue weighted by atomic mass is 16.7. The van der Waals surface area contributed by atoms with Crippen LogP contribution in [0.3, 0.4) is 0 Å². The fourth-order valence-electron chi connectivity index (χ4n) is 3.18. The predicted molar refractivity (Wildman–Crippen MR) is 84.6 cm³/mol. The van der Waals surface area contributed by atoms with E-state index in [-0.39, 0.29) is 11.8 Å². The van der Waals surface area contributed by atoms with E-state index in [1.54, 1.807) is 14.2 Å². The minimum Gasteiger partial charge on any atom is -0.358 e. The van der Waals surface area contributed by atoms with Gasteiger partial charge in [0.15, 0.2) is 6.29 Å². The summed E-state index contributed by atoms with van der Waals surface area (Å²) in [5, 5.41) is 4.16. The van der Waals surface area contributed by atoms with Crippen molar-refractivity contribution in [3.05, 3.63) is 35.5 Å². The number of fused-ring (bicyclic) bond motifs is 3. The molecule has 0 bridgehead atoms. The topological polar surface area (TPSA) is 63.3 Å². The molecule has 0 saturated heterocycles. The number of aromatic amines is 1. The summed E-state index contributed by atoms with van der Waals surface area (Å²) >= 11 is 0. The van der Waals surface area contributed by atoms with Crippen LogP contribution in [0.4, 0.5) is 0 Å². The van der Waals surface area contributed by atoms with Gasteiger partial charge in [-0.05, 0) is 30.9 Å². The standard InChI is InChI=1S/C17H22N2O3/c1-21-16(22-2)10-18-17(20)11-7-8-15-13(9-11)12-5-3-4-6-14(12)19-15/h3-6,11,16,19H,7-10H2,1-2H3,(H,18,20). The number of H-pyrrole nitrogens is 1. The molecule has 2 N–H and O–H groups in total. The molecule has 1 aliphatic rings. The number of benzene rings is 1. The molecule has 2 aromatic rings. The zero-order valence-electron chi connectivity index (χ0n) is 13.0. The number of methoxy groups -OCH3 is 2. The number of aryl methyl sites for hydroxylation is 1. The second kappa shape index (κ2) is 6.50. The maximum absolute atomic E-state index is 12.4. The van der Waals surface area contributed by atoms with Gasteiger partial charge in [-0.1, -0.05) is 18.2 Å². The summed E-state index contributed by atoms with van der Waals surface area (Å²) in [4.78, 5) is 15.8. The second-order valence-corrected chi connectivity index (χ2v) is 5.71. The number of hydrogen-bond acceptors (Lipinski definition) is 3. The third-order valence-electron chi connectivity index (χ3n) is 4.43. The zero-order chi connectivity index (χ0) is 15.5. The van der Waals surface area contributed by atoms with Gasteiger partial charge in [0.2, 0.25) is 5.91 Å². The van der Waals surface area contributed by atoms with Gasteiger partial charge >= 0.3 is 0 Å². The quantitative estimate of drug-likeness (QED) is 0.831. The summed E-state index contributed by atoms with van der Waals surface area (Å²) < 4.78 is 10.2. The van der Waals surface area contributed by atoms with E-state index in [1.165, 1.54) is 16.6 Å². The first-order chi connectivity index (χ1) is 10.7. The van der Waals surface area contributed by atoms with Crippen molar-refractivity contribution < 1.29 is 14.3 Å². The predicted octanol–water partition coefficient (Wildman–Crippen LogP) is 2.01. The van der Waals surface area contributed by atoms with E-state index in [2.05, 4.69) is 22.4 Å². The first-order valence-electron chi connectivity index (χ1n) is 7.64. The van der Waals surface area contributed by atoms with E-state index in [9.17, 15) is 4.79 Å². The first kappa shape index (κ1) is 15.1. The van der Waals surface area contributed by atoms with Crippen molar-refractivity contribution in [2.45, 2.75) is 25.6 Å². The van der Waals surface area contributed by atoms with Gasteiger partial charge in [-0.15, -0.1) is 0 Å². The Morgan fingerprint density at radius 2 is 2.14 bits per heavy atom.